The van der Waals surface area contributed by atoms with Crippen molar-refractivity contribution in [2.45, 2.75) is 33.1 Å². The number of nitrogens with zero attached hydrogens (tertiary/aromatic N) is 5. The predicted molar refractivity (Wildman–Crippen MR) is 122 cm³/mol. The SMILES string of the molecule is CC1(C)CC(=O)N(CCc2ccc(OC(=O)N3CCN(c4ccc(F)cn4)CC3)nc2)C(=O)C1. The molecule has 180 valence electrons. The summed E-state index contributed by atoms with van der Waals surface area (Å²) in [6.07, 6.45) is 3.48. The van der Waals surface area contributed by atoms with Gasteiger partial charge in [-0.25, -0.2) is 19.2 Å². The summed E-state index contributed by atoms with van der Waals surface area (Å²) in [6.45, 7) is 6.17. The lowest BCUT2D eigenvalue weighted by atomic mass is 9.81. The lowest BCUT2D eigenvalue weighted by Crippen LogP contribution is -2.49. The number of rotatable bonds is 5. The van der Waals surface area contributed by atoms with Crippen molar-refractivity contribution in [3.8, 4) is 5.88 Å². The van der Waals surface area contributed by atoms with E-state index < -0.39 is 6.09 Å². The smallest absolute Gasteiger partial charge is 0.391 e. The molecule has 0 saturated carbocycles. The van der Waals surface area contributed by atoms with Crippen LogP contribution in [-0.4, -0.2) is 70.4 Å². The van der Waals surface area contributed by atoms with E-state index in [2.05, 4.69) is 9.97 Å². The maximum absolute atomic E-state index is 13.1. The van der Waals surface area contributed by atoms with Crippen molar-refractivity contribution in [3.05, 3.63) is 48.0 Å². The number of aromatic nitrogens is 2. The Kier molecular flexibility index (Phi) is 6.76. The molecule has 0 bridgehead atoms. The van der Waals surface area contributed by atoms with Crippen molar-refractivity contribution in [2.24, 2.45) is 5.41 Å². The fraction of sp³-hybridized carbons (Fsp3) is 0.458. The predicted octanol–water partition coefficient (Wildman–Crippen LogP) is 2.65. The number of piperidine rings is 1. The molecule has 3 amide bonds. The van der Waals surface area contributed by atoms with Gasteiger partial charge in [0.2, 0.25) is 17.7 Å². The molecule has 0 unspecified atom stereocenters. The van der Waals surface area contributed by atoms with Gasteiger partial charge in [0.15, 0.2) is 0 Å². The van der Waals surface area contributed by atoms with Gasteiger partial charge in [-0.2, -0.15) is 0 Å². The quantitative estimate of drug-likeness (QED) is 0.621. The Morgan fingerprint density at radius 3 is 2.29 bits per heavy atom. The van der Waals surface area contributed by atoms with E-state index in [-0.39, 0.29) is 28.9 Å². The van der Waals surface area contributed by atoms with Crippen molar-refractivity contribution in [1.29, 1.82) is 0 Å². The molecule has 2 saturated heterocycles. The number of anilines is 1. The first kappa shape index (κ1) is 23.6. The number of ether oxygens (including phenoxy) is 1. The minimum Gasteiger partial charge on any atom is -0.391 e. The molecule has 0 spiro atoms. The van der Waals surface area contributed by atoms with Gasteiger partial charge in [0.25, 0.3) is 0 Å². The summed E-state index contributed by atoms with van der Waals surface area (Å²) in [7, 11) is 0. The Bertz CT molecular complexity index is 1030. The minimum atomic E-state index is -0.487. The standard InChI is InChI=1S/C24H28FN5O4/c1-24(2)13-21(31)30(22(32)14-24)8-7-17-3-6-20(27-15-17)34-23(33)29-11-9-28(10-12-29)19-5-4-18(25)16-26-19/h3-6,15-16H,7-14H2,1-2H3. The molecule has 10 heteroatoms. The van der Waals surface area contributed by atoms with Crippen LogP contribution in [-0.2, 0) is 16.0 Å². The second-order valence-corrected chi connectivity index (χ2v) is 9.39. The van der Waals surface area contributed by atoms with Crippen LogP contribution in [0.4, 0.5) is 15.0 Å². The van der Waals surface area contributed by atoms with Crippen LogP contribution in [0.25, 0.3) is 0 Å². The van der Waals surface area contributed by atoms with Gasteiger partial charge in [0, 0.05) is 57.8 Å². The summed E-state index contributed by atoms with van der Waals surface area (Å²) in [5.74, 6) is 0.179. The van der Waals surface area contributed by atoms with Crippen LogP contribution in [0.5, 0.6) is 5.88 Å². The van der Waals surface area contributed by atoms with E-state index in [0.29, 0.717) is 57.8 Å². The summed E-state index contributed by atoms with van der Waals surface area (Å²) in [4.78, 5) is 50.2. The third-order valence-electron chi connectivity index (χ3n) is 6.05. The largest absolute Gasteiger partial charge is 0.416 e. The molecule has 0 N–H and O–H groups in total. The Hall–Kier alpha value is -3.56. The highest BCUT2D eigenvalue weighted by molar-refractivity contribution is 5.98. The third-order valence-corrected chi connectivity index (χ3v) is 6.05. The highest BCUT2D eigenvalue weighted by atomic mass is 19.1. The van der Waals surface area contributed by atoms with E-state index in [9.17, 15) is 18.8 Å². The lowest BCUT2D eigenvalue weighted by Gasteiger charge is -2.34. The first-order valence-electron chi connectivity index (χ1n) is 11.3. The van der Waals surface area contributed by atoms with Gasteiger partial charge in [-0.3, -0.25) is 14.5 Å². The summed E-state index contributed by atoms with van der Waals surface area (Å²) in [5.41, 5.74) is 0.549. The number of carbonyl (C=O) groups excluding carboxylic acids is 3. The molecule has 0 aliphatic carbocycles. The van der Waals surface area contributed by atoms with E-state index in [1.165, 1.54) is 17.2 Å². The van der Waals surface area contributed by atoms with Gasteiger partial charge in [0.1, 0.15) is 11.6 Å². The monoisotopic (exact) mass is 469 g/mol. The molecule has 9 nitrogen and oxygen atoms in total. The highest BCUT2D eigenvalue weighted by Crippen LogP contribution is 2.31. The molecule has 0 radical (unpaired) electrons. The summed E-state index contributed by atoms with van der Waals surface area (Å²) >= 11 is 0. The van der Waals surface area contributed by atoms with Gasteiger partial charge in [-0.15, -0.1) is 0 Å². The lowest BCUT2D eigenvalue weighted by molar-refractivity contribution is -0.152. The maximum atomic E-state index is 13.1. The summed E-state index contributed by atoms with van der Waals surface area (Å²) < 4.78 is 18.4. The average Bonchev–Trinajstić information content (AvgIpc) is 2.79. The Morgan fingerprint density at radius 2 is 1.71 bits per heavy atom. The fourth-order valence-electron chi connectivity index (χ4n) is 4.15. The summed E-state index contributed by atoms with van der Waals surface area (Å²) in [5, 5.41) is 0. The van der Waals surface area contributed by atoms with Crippen LogP contribution >= 0.6 is 0 Å². The molecule has 2 aromatic rings. The van der Waals surface area contributed by atoms with Crippen LogP contribution in [0.15, 0.2) is 36.7 Å². The van der Waals surface area contributed by atoms with Gasteiger partial charge < -0.3 is 14.5 Å². The number of hydrogen-bond donors (Lipinski definition) is 0. The molecule has 4 heterocycles. The molecule has 2 aliphatic heterocycles. The maximum Gasteiger partial charge on any atom is 0.416 e. The number of amides is 3. The van der Waals surface area contributed by atoms with Crippen LogP contribution in [0.2, 0.25) is 0 Å². The van der Waals surface area contributed by atoms with E-state index in [1.54, 1.807) is 29.3 Å². The van der Waals surface area contributed by atoms with E-state index in [0.717, 1.165) is 5.56 Å². The highest BCUT2D eigenvalue weighted by Gasteiger charge is 2.37. The van der Waals surface area contributed by atoms with Gasteiger partial charge in [-0.05, 0) is 29.5 Å². The molecule has 0 atom stereocenters. The summed E-state index contributed by atoms with van der Waals surface area (Å²) in [6, 6.07) is 6.36. The van der Waals surface area contributed by atoms with Crippen molar-refractivity contribution < 1.29 is 23.5 Å². The molecule has 2 aromatic heterocycles. The number of carbonyl (C=O) groups is 3. The molecule has 0 aromatic carbocycles. The van der Waals surface area contributed by atoms with Gasteiger partial charge in [-0.1, -0.05) is 19.9 Å². The number of likely N-dealkylation sites (tertiary alicyclic amines) is 1. The molecule has 2 fully saturated rings. The molecule has 34 heavy (non-hydrogen) atoms. The zero-order chi connectivity index (χ0) is 24.3. The average molecular weight is 470 g/mol. The van der Waals surface area contributed by atoms with Crippen LogP contribution in [0.1, 0.15) is 32.3 Å². The van der Waals surface area contributed by atoms with E-state index >= 15 is 0 Å². The Morgan fingerprint density at radius 1 is 1.00 bits per heavy atom. The second kappa shape index (κ2) is 9.74. The van der Waals surface area contributed by atoms with Gasteiger partial charge >= 0.3 is 6.09 Å². The van der Waals surface area contributed by atoms with Crippen molar-refractivity contribution >= 4 is 23.7 Å². The third kappa shape index (κ3) is 5.67. The molecular formula is C24H28FN5O4. The van der Waals surface area contributed by atoms with Crippen molar-refractivity contribution in [2.75, 3.05) is 37.6 Å². The Labute approximate surface area is 197 Å². The number of halogens is 1. The number of hydrogen-bond acceptors (Lipinski definition) is 7. The van der Waals surface area contributed by atoms with Crippen LogP contribution < -0.4 is 9.64 Å². The minimum absolute atomic E-state index is 0.143. The molecular weight excluding hydrogens is 441 g/mol. The van der Waals surface area contributed by atoms with Crippen LogP contribution in [0, 0.1) is 11.2 Å². The van der Waals surface area contributed by atoms with Gasteiger partial charge in [0.05, 0.1) is 6.20 Å². The Balaban J connectivity index is 1.24. The van der Waals surface area contributed by atoms with E-state index in [1.807, 2.05) is 18.7 Å². The fourth-order valence-corrected chi connectivity index (χ4v) is 4.15. The van der Waals surface area contributed by atoms with Crippen molar-refractivity contribution in [1.82, 2.24) is 19.8 Å². The first-order valence-corrected chi connectivity index (χ1v) is 11.3. The number of piperazine rings is 1. The second-order valence-electron chi connectivity index (χ2n) is 9.39. The van der Waals surface area contributed by atoms with E-state index in [4.69, 9.17) is 4.74 Å². The van der Waals surface area contributed by atoms with Crippen molar-refractivity contribution in [3.63, 3.8) is 0 Å². The molecule has 2 aliphatic rings. The molecule has 4 rings (SSSR count). The number of pyridine rings is 2. The topological polar surface area (TPSA) is 95.9 Å². The zero-order valence-corrected chi connectivity index (χ0v) is 19.4. The zero-order valence-electron chi connectivity index (χ0n) is 19.4. The normalized spacial score (nSPS) is 18.3. The number of imide groups is 1. The first-order chi connectivity index (χ1) is 16.2. The van der Waals surface area contributed by atoms with Crippen LogP contribution in [0.3, 0.4) is 0 Å².